The number of halogens is 5. The number of aryl methyl sites for hydroxylation is 1. The summed E-state index contributed by atoms with van der Waals surface area (Å²) in [5.74, 6) is -0.241. The van der Waals surface area contributed by atoms with Gasteiger partial charge in [0.05, 0.1) is 16.5 Å². The van der Waals surface area contributed by atoms with Crippen molar-refractivity contribution in [1.82, 2.24) is 19.5 Å². The highest BCUT2D eigenvalue weighted by molar-refractivity contribution is 9.10. The van der Waals surface area contributed by atoms with Crippen LogP contribution in [0, 0.1) is 0 Å². The van der Waals surface area contributed by atoms with Crippen LogP contribution in [0.3, 0.4) is 0 Å². The van der Waals surface area contributed by atoms with E-state index < -0.39 is 11.9 Å². The van der Waals surface area contributed by atoms with Crippen molar-refractivity contribution in [3.05, 3.63) is 39.3 Å². The lowest BCUT2D eigenvalue weighted by Gasteiger charge is -2.13. The fraction of sp³-hybridized carbons (Fsp3) is 0.267. The van der Waals surface area contributed by atoms with Crippen molar-refractivity contribution in [2.75, 3.05) is 5.73 Å². The topological polar surface area (TPSA) is 69.6 Å². The zero-order chi connectivity index (χ0) is 19.2. The van der Waals surface area contributed by atoms with E-state index in [4.69, 9.17) is 17.3 Å². The number of alkyl halides is 3. The van der Waals surface area contributed by atoms with Crippen LogP contribution in [0.2, 0.25) is 5.15 Å². The summed E-state index contributed by atoms with van der Waals surface area (Å²) in [4.78, 5) is 11.8. The molecule has 0 aromatic carbocycles. The smallest absolute Gasteiger partial charge is 0.384 e. The molecule has 3 rings (SSSR count). The Kier molecular flexibility index (Phi) is 5.11. The number of rotatable bonds is 3. The number of hydrogen-bond acceptors (Lipinski definition) is 5. The third-order valence-electron chi connectivity index (χ3n) is 3.60. The Bertz CT molecular complexity index is 992. The predicted molar refractivity (Wildman–Crippen MR) is 99.1 cm³/mol. The lowest BCUT2D eigenvalue weighted by atomic mass is 10.2. The van der Waals surface area contributed by atoms with Crippen LogP contribution in [0.25, 0.3) is 10.9 Å². The summed E-state index contributed by atoms with van der Waals surface area (Å²) in [6.07, 6.45) is -2.73. The molecule has 1 unspecified atom stereocenters. The molecule has 0 aliphatic carbocycles. The Balaban J connectivity index is 1.96. The first-order valence-corrected chi connectivity index (χ1v) is 9.30. The predicted octanol–water partition coefficient (Wildman–Crippen LogP) is 5.23. The molecule has 11 heteroatoms. The van der Waals surface area contributed by atoms with E-state index in [9.17, 15) is 13.2 Å². The van der Waals surface area contributed by atoms with Crippen molar-refractivity contribution in [2.45, 2.75) is 23.5 Å². The Morgan fingerprint density at radius 3 is 2.62 bits per heavy atom. The Hall–Kier alpha value is -1.52. The molecule has 138 valence electrons. The van der Waals surface area contributed by atoms with Gasteiger partial charge >= 0.3 is 6.18 Å². The van der Waals surface area contributed by atoms with Crippen LogP contribution >= 0.6 is 39.3 Å². The quantitative estimate of drug-likeness (QED) is 0.325. The van der Waals surface area contributed by atoms with Gasteiger partial charge in [0.1, 0.15) is 5.82 Å². The molecule has 3 heterocycles. The van der Waals surface area contributed by atoms with Gasteiger partial charge in [-0.05, 0) is 28.9 Å². The van der Waals surface area contributed by atoms with E-state index in [1.54, 1.807) is 6.92 Å². The molecule has 0 saturated heterocycles. The summed E-state index contributed by atoms with van der Waals surface area (Å²) in [5.41, 5.74) is 5.76. The van der Waals surface area contributed by atoms with Crippen LogP contribution in [0.4, 0.5) is 19.0 Å². The second-order valence-electron chi connectivity index (χ2n) is 5.54. The molecule has 26 heavy (non-hydrogen) atoms. The highest BCUT2D eigenvalue weighted by atomic mass is 79.9. The third-order valence-corrected chi connectivity index (χ3v) is 5.49. The molecule has 0 spiro atoms. The van der Waals surface area contributed by atoms with E-state index in [-0.39, 0.29) is 16.2 Å². The zero-order valence-electron chi connectivity index (χ0n) is 13.5. The first-order chi connectivity index (χ1) is 12.1. The number of fused-ring (bicyclic) bond motifs is 1. The molecule has 0 aliphatic heterocycles. The molecular formula is C15H12BrClF3N5S. The third kappa shape index (κ3) is 3.77. The van der Waals surface area contributed by atoms with E-state index in [0.717, 1.165) is 27.1 Å². The van der Waals surface area contributed by atoms with E-state index >= 15 is 0 Å². The molecule has 1 atom stereocenters. The first-order valence-electron chi connectivity index (χ1n) is 7.25. The zero-order valence-corrected chi connectivity index (χ0v) is 16.6. The van der Waals surface area contributed by atoms with Crippen LogP contribution in [-0.4, -0.2) is 19.5 Å². The summed E-state index contributed by atoms with van der Waals surface area (Å²) in [5, 5.41) is 0.754. The largest absolute Gasteiger partial charge is 0.433 e. The molecule has 3 aromatic rings. The number of pyridine rings is 1. The van der Waals surface area contributed by atoms with Gasteiger partial charge in [-0.2, -0.15) is 13.2 Å². The Labute approximate surface area is 164 Å². The van der Waals surface area contributed by atoms with Crippen molar-refractivity contribution in [2.24, 2.45) is 7.05 Å². The molecule has 0 radical (unpaired) electrons. The molecule has 0 aliphatic rings. The number of nitrogens with two attached hydrogens (primary N) is 1. The van der Waals surface area contributed by atoms with Crippen molar-refractivity contribution in [1.29, 1.82) is 0 Å². The van der Waals surface area contributed by atoms with E-state index in [2.05, 4.69) is 30.9 Å². The fourth-order valence-corrected chi connectivity index (χ4v) is 4.22. The van der Waals surface area contributed by atoms with Crippen molar-refractivity contribution in [3.8, 4) is 0 Å². The van der Waals surface area contributed by atoms with Gasteiger partial charge in [-0.3, -0.25) is 0 Å². The maximum absolute atomic E-state index is 12.9. The minimum absolute atomic E-state index is 0.0741. The van der Waals surface area contributed by atoms with E-state index in [0.29, 0.717) is 16.9 Å². The van der Waals surface area contributed by atoms with Gasteiger partial charge in [-0.25, -0.2) is 15.0 Å². The minimum Gasteiger partial charge on any atom is -0.384 e. The van der Waals surface area contributed by atoms with E-state index in [1.165, 1.54) is 0 Å². The van der Waals surface area contributed by atoms with Gasteiger partial charge in [0.25, 0.3) is 0 Å². The van der Waals surface area contributed by atoms with Crippen LogP contribution in [0.5, 0.6) is 0 Å². The number of thioether (sulfide) groups is 1. The monoisotopic (exact) mass is 465 g/mol. The minimum atomic E-state index is -4.59. The summed E-state index contributed by atoms with van der Waals surface area (Å²) >= 11 is 10.8. The number of nitrogens with zero attached hydrogens (tertiary/aromatic N) is 4. The Morgan fingerprint density at radius 2 is 1.96 bits per heavy atom. The fourth-order valence-electron chi connectivity index (χ4n) is 2.42. The van der Waals surface area contributed by atoms with Crippen molar-refractivity contribution >= 4 is 56.0 Å². The molecular weight excluding hydrogens is 455 g/mol. The van der Waals surface area contributed by atoms with Gasteiger partial charge in [0.15, 0.2) is 16.0 Å². The number of aromatic nitrogens is 4. The molecule has 3 aromatic heterocycles. The summed E-state index contributed by atoms with van der Waals surface area (Å²) in [7, 11) is 1.84. The first kappa shape index (κ1) is 19.2. The normalized spacial score (nSPS) is 13.3. The number of hydrogen-bond donors (Lipinski definition) is 1. The average Bonchev–Trinajstić information content (AvgIpc) is 2.80. The highest BCUT2D eigenvalue weighted by Gasteiger charge is 2.33. The molecule has 0 bridgehead atoms. The summed E-state index contributed by atoms with van der Waals surface area (Å²) < 4.78 is 41.4. The van der Waals surface area contributed by atoms with Gasteiger partial charge in [0, 0.05) is 29.2 Å². The number of nitrogen functional groups attached to an aromatic ring is 1. The van der Waals surface area contributed by atoms with Crippen LogP contribution in [-0.2, 0) is 13.2 Å². The second kappa shape index (κ2) is 6.90. The molecule has 0 fully saturated rings. The van der Waals surface area contributed by atoms with Gasteiger partial charge < -0.3 is 10.3 Å². The van der Waals surface area contributed by atoms with Gasteiger partial charge in [0.2, 0.25) is 0 Å². The second-order valence-corrected chi connectivity index (χ2v) is 8.06. The van der Waals surface area contributed by atoms with E-state index in [1.807, 2.05) is 23.9 Å². The summed E-state index contributed by atoms with van der Waals surface area (Å²) in [6, 6.07) is 2.54. The maximum Gasteiger partial charge on any atom is 0.433 e. The number of anilines is 1. The standard InChI is InChI=1S/C15H12BrClF3N5S/c1-6(26-14-23-10(15(18,19)20)4-11(21)24-14)9-3-7-8(16)5-25(2)12(7)13(17)22-9/h3-6H,1-2H3,(H2,21,23,24). The molecule has 5 nitrogen and oxygen atoms in total. The highest BCUT2D eigenvalue weighted by Crippen LogP contribution is 2.38. The SMILES string of the molecule is CC(Sc1nc(N)cc(C(F)(F)F)n1)c1cc2c(Br)cn(C)c2c(Cl)n1. The molecule has 0 saturated carbocycles. The van der Waals surface area contributed by atoms with Gasteiger partial charge in [-0.1, -0.05) is 23.4 Å². The lowest BCUT2D eigenvalue weighted by Crippen LogP contribution is -2.11. The average molecular weight is 467 g/mol. The van der Waals surface area contributed by atoms with Gasteiger partial charge in [-0.15, -0.1) is 0 Å². The van der Waals surface area contributed by atoms with Crippen molar-refractivity contribution < 1.29 is 13.2 Å². The Morgan fingerprint density at radius 1 is 1.27 bits per heavy atom. The lowest BCUT2D eigenvalue weighted by molar-refractivity contribution is -0.141. The van der Waals surface area contributed by atoms with Crippen molar-refractivity contribution in [3.63, 3.8) is 0 Å². The van der Waals surface area contributed by atoms with Crippen LogP contribution in [0.1, 0.15) is 23.6 Å². The van der Waals surface area contributed by atoms with Crippen LogP contribution in [0.15, 0.2) is 28.0 Å². The molecule has 2 N–H and O–H groups in total. The molecule has 0 amide bonds. The summed E-state index contributed by atoms with van der Waals surface area (Å²) in [6.45, 7) is 1.78. The maximum atomic E-state index is 12.9. The van der Waals surface area contributed by atoms with Crippen LogP contribution < -0.4 is 5.73 Å².